The van der Waals surface area contributed by atoms with Crippen LogP contribution in [0, 0.1) is 19.3 Å². The molecule has 0 aromatic carbocycles. The van der Waals surface area contributed by atoms with Crippen LogP contribution < -0.4 is 4.80 Å². The highest BCUT2D eigenvalue weighted by Gasteiger charge is 2.17. The second kappa shape index (κ2) is 2.73. The molecule has 0 aliphatic carbocycles. The summed E-state index contributed by atoms with van der Waals surface area (Å²) in [5, 5.41) is 7.77. The van der Waals surface area contributed by atoms with Gasteiger partial charge in [-0.05, 0) is 34.6 Å². The van der Waals surface area contributed by atoms with Crippen LogP contribution in [0.3, 0.4) is 0 Å². The van der Waals surface area contributed by atoms with Crippen molar-refractivity contribution in [3.05, 3.63) is 15.4 Å². The maximum Gasteiger partial charge on any atom is 0.182 e. The molecule has 1 N–H and O–H groups in total. The van der Waals surface area contributed by atoms with Crippen molar-refractivity contribution in [3.8, 4) is 0 Å². The van der Waals surface area contributed by atoms with Gasteiger partial charge in [-0.25, -0.2) is 0 Å². The molecule has 0 saturated heterocycles. The molecule has 1 aromatic rings. The molecule has 1 heterocycles. The zero-order valence-electron chi connectivity index (χ0n) is 8.36. The van der Waals surface area contributed by atoms with Crippen LogP contribution in [0.15, 0.2) is 0 Å². The largest absolute Gasteiger partial charge is 0.316 e. The summed E-state index contributed by atoms with van der Waals surface area (Å²) in [6, 6.07) is 0. The fourth-order valence-electron chi connectivity index (χ4n) is 1.38. The van der Waals surface area contributed by atoms with E-state index in [1.165, 1.54) is 10.6 Å². The lowest BCUT2D eigenvalue weighted by atomic mass is 10.1. The number of hydrogen-bond acceptors (Lipinski definition) is 2. The van der Waals surface area contributed by atoms with E-state index in [1.807, 2.05) is 0 Å². The van der Waals surface area contributed by atoms with E-state index in [0.717, 1.165) is 0 Å². The number of thiazole rings is 1. The minimum Gasteiger partial charge on any atom is -0.316 e. The molecule has 0 atom stereocenters. The van der Waals surface area contributed by atoms with Crippen LogP contribution in [-0.2, 0) is 5.54 Å². The third kappa shape index (κ3) is 1.46. The second-order valence-corrected chi connectivity index (χ2v) is 5.26. The van der Waals surface area contributed by atoms with Crippen molar-refractivity contribution in [1.82, 2.24) is 4.57 Å². The maximum atomic E-state index is 7.77. The fraction of sp³-hybridized carbons (Fsp3) is 0.667. The van der Waals surface area contributed by atoms with E-state index in [2.05, 4.69) is 39.2 Å². The molecule has 1 rings (SSSR count). The fourth-order valence-corrected chi connectivity index (χ4v) is 2.41. The van der Waals surface area contributed by atoms with E-state index in [4.69, 9.17) is 5.41 Å². The van der Waals surface area contributed by atoms with Gasteiger partial charge in [0, 0.05) is 16.1 Å². The normalized spacial score (nSPS) is 12.1. The predicted molar refractivity (Wildman–Crippen MR) is 52.6 cm³/mol. The molecule has 0 radical (unpaired) electrons. The molecule has 0 saturated carbocycles. The first-order valence-electron chi connectivity index (χ1n) is 4.08. The van der Waals surface area contributed by atoms with Crippen LogP contribution in [0.1, 0.15) is 31.3 Å². The summed E-state index contributed by atoms with van der Waals surface area (Å²) in [6.45, 7) is 10.5. The Morgan fingerprint density at radius 3 is 1.92 bits per heavy atom. The number of aryl methyl sites for hydroxylation is 1. The van der Waals surface area contributed by atoms with Crippen LogP contribution >= 0.6 is 11.3 Å². The van der Waals surface area contributed by atoms with Crippen molar-refractivity contribution in [2.75, 3.05) is 0 Å². The van der Waals surface area contributed by atoms with E-state index >= 15 is 0 Å². The van der Waals surface area contributed by atoms with E-state index in [-0.39, 0.29) is 5.54 Å². The van der Waals surface area contributed by atoms with Crippen LogP contribution in [-0.4, -0.2) is 4.57 Å². The van der Waals surface area contributed by atoms with Gasteiger partial charge in [-0.1, -0.05) is 0 Å². The van der Waals surface area contributed by atoms with Gasteiger partial charge in [-0.2, -0.15) is 0 Å². The van der Waals surface area contributed by atoms with Crippen LogP contribution in [0.5, 0.6) is 0 Å². The van der Waals surface area contributed by atoms with Gasteiger partial charge in [0.2, 0.25) is 0 Å². The van der Waals surface area contributed by atoms with Gasteiger partial charge in [-0.15, -0.1) is 11.3 Å². The van der Waals surface area contributed by atoms with E-state index < -0.39 is 0 Å². The minimum absolute atomic E-state index is 0.0337. The molecular weight excluding hydrogens is 168 g/mol. The average Bonchev–Trinajstić information content (AvgIpc) is 2.05. The monoisotopic (exact) mass is 184 g/mol. The first-order valence-corrected chi connectivity index (χ1v) is 4.90. The third-order valence-electron chi connectivity index (χ3n) is 1.97. The van der Waals surface area contributed by atoms with Gasteiger partial charge in [-0.3, -0.25) is 5.41 Å². The Morgan fingerprint density at radius 1 is 1.25 bits per heavy atom. The molecule has 0 aliphatic heterocycles. The van der Waals surface area contributed by atoms with Crippen molar-refractivity contribution < 1.29 is 0 Å². The Labute approximate surface area is 77.4 Å². The Bertz CT molecular complexity index is 338. The first-order chi connectivity index (χ1) is 5.34. The lowest BCUT2D eigenvalue weighted by Crippen LogP contribution is -2.31. The lowest BCUT2D eigenvalue weighted by molar-refractivity contribution is 0.377. The van der Waals surface area contributed by atoms with Gasteiger partial charge >= 0.3 is 0 Å². The molecule has 0 unspecified atom stereocenters. The van der Waals surface area contributed by atoms with Gasteiger partial charge in [0.1, 0.15) is 0 Å². The van der Waals surface area contributed by atoms with E-state index in [9.17, 15) is 0 Å². The Kier molecular flexibility index (Phi) is 2.17. The van der Waals surface area contributed by atoms with E-state index in [1.54, 1.807) is 11.3 Å². The summed E-state index contributed by atoms with van der Waals surface area (Å²) in [6.07, 6.45) is 0. The van der Waals surface area contributed by atoms with Crippen LogP contribution in [0.2, 0.25) is 0 Å². The SMILES string of the molecule is Cc1sc(=N)n(C(C)(C)C)c1C. The van der Waals surface area contributed by atoms with Crippen LogP contribution in [0.4, 0.5) is 0 Å². The Morgan fingerprint density at radius 2 is 1.75 bits per heavy atom. The van der Waals surface area contributed by atoms with E-state index in [0.29, 0.717) is 4.80 Å². The van der Waals surface area contributed by atoms with Gasteiger partial charge in [0.15, 0.2) is 4.80 Å². The summed E-state index contributed by atoms with van der Waals surface area (Å²) in [4.78, 5) is 1.90. The molecular formula is C9H16N2S. The van der Waals surface area contributed by atoms with Crippen LogP contribution in [0.25, 0.3) is 0 Å². The maximum absolute atomic E-state index is 7.77. The van der Waals surface area contributed by atoms with Crippen molar-refractivity contribution >= 4 is 11.3 Å². The quantitative estimate of drug-likeness (QED) is 0.641. The molecule has 1 aromatic heterocycles. The summed E-state index contributed by atoms with van der Waals surface area (Å²) >= 11 is 1.55. The van der Waals surface area contributed by atoms with Crippen molar-refractivity contribution in [2.24, 2.45) is 0 Å². The number of hydrogen-bond donors (Lipinski definition) is 1. The second-order valence-electron chi connectivity index (χ2n) is 4.06. The molecule has 68 valence electrons. The number of rotatable bonds is 0. The minimum atomic E-state index is 0.0337. The highest BCUT2D eigenvalue weighted by Crippen LogP contribution is 2.18. The number of nitrogens with one attached hydrogen (secondary N) is 1. The van der Waals surface area contributed by atoms with Gasteiger partial charge in [0.05, 0.1) is 0 Å². The average molecular weight is 184 g/mol. The molecule has 3 heteroatoms. The molecule has 0 aliphatic rings. The smallest absolute Gasteiger partial charge is 0.182 e. The highest BCUT2D eigenvalue weighted by atomic mass is 32.1. The topological polar surface area (TPSA) is 28.8 Å². The first kappa shape index (κ1) is 9.52. The van der Waals surface area contributed by atoms with Crippen molar-refractivity contribution in [3.63, 3.8) is 0 Å². The summed E-state index contributed by atoms with van der Waals surface area (Å²) in [7, 11) is 0. The molecule has 0 bridgehead atoms. The molecule has 0 amide bonds. The number of aromatic nitrogens is 1. The number of nitrogens with zero attached hydrogens (tertiary/aromatic N) is 1. The van der Waals surface area contributed by atoms with Gasteiger partial charge in [0.25, 0.3) is 0 Å². The van der Waals surface area contributed by atoms with Crippen molar-refractivity contribution in [1.29, 1.82) is 5.41 Å². The Hall–Kier alpha value is -0.570. The van der Waals surface area contributed by atoms with Crippen molar-refractivity contribution in [2.45, 2.75) is 40.2 Å². The molecule has 2 nitrogen and oxygen atoms in total. The third-order valence-corrected chi connectivity index (χ3v) is 2.95. The molecule has 0 spiro atoms. The summed E-state index contributed by atoms with van der Waals surface area (Å²) in [5.74, 6) is 0. The summed E-state index contributed by atoms with van der Waals surface area (Å²) in [5.41, 5.74) is 1.25. The molecule has 0 fully saturated rings. The Balaban J connectivity index is 3.43. The predicted octanol–water partition coefficient (Wildman–Crippen LogP) is 2.40. The summed E-state index contributed by atoms with van der Waals surface area (Å²) < 4.78 is 2.08. The zero-order chi connectivity index (χ0) is 9.52. The zero-order valence-corrected chi connectivity index (χ0v) is 9.17. The molecule has 12 heavy (non-hydrogen) atoms. The lowest BCUT2D eigenvalue weighted by Gasteiger charge is -2.22. The highest BCUT2D eigenvalue weighted by molar-refractivity contribution is 7.09. The van der Waals surface area contributed by atoms with Gasteiger partial charge < -0.3 is 4.57 Å². The standard InChI is InChI=1S/C9H16N2S/c1-6-7(2)12-8(10)11(6)9(3,4)5/h10H,1-5H3.